The highest BCUT2D eigenvalue weighted by atomic mass is 32.1. The molecular weight excluding hydrogens is 482 g/mol. The van der Waals surface area contributed by atoms with Gasteiger partial charge in [0.15, 0.2) is 11.3 Å². The zero-order valence-electron chi connectivity index (χ0n) is 19.6. The molecule has 5 heterocycles. The molecule has 0 radical (unpaired) electrons. The van der Waals surface area contributed by atoms with Gasteiger partial charge >= 0.3 is 0 Å². The lowest BCUT2D eigenvalue weighted by molar-refractivity contribution is 0.0703. The van der Waals surface area contributed by atoms with Crippen LogP contribution in [0.4, 0.5) is 0 Å². The van der Waals surface area contributed by atoms with Crippen LogP contribution >= 0.6 is 11.3 Å². The largest absolute Gasteiger partial charge is 0.337 e. The summed E-state index contributed by atoms with van der Waals surface area (Å²) in [6.45, 7) is 4.77. The van der Waals surface area contributed by atoms with Gasteiger partial charge in [-0.2, -0.15) is 5.10 Å². The molecule has 1 fully saturated rings. The maximum Gasteiger partial charge on any atom is 0.289 e. The van der Waals surface area contributed by atoms with Gasteiger partial charge in [-0.15, -0.1) is 21.5 Å². The zero-order chi connectivity index (χ0) is 25.2. The van der Waals surface area contributed by atoms with E-state index in [2.05, 4.69) is 36.1 Å². The van der Waals surface area contributed by atoms with Crippen LogP contribution in [0, 0.1) is 13.8 Å². The fraction of sp³-hybridized carbons (Fsp3) is 0.304. The molecule has 2 N–H and O–H groups in total. The summed E-state index contributed by atoms with van der Waals surface area (Å²) in [6, 6.07) is 4.91. The second-order valence-corrected chi connectivity index (χ2v) is 9.36. The molecule has 0 atom stereocenters. The van der Waals surface area contributed by atoms with E-state index in [4.69, 9.17) is 0 Å². The Labute approximate surface area is 209 Å². The van der Waals surface area contributed by atoms with Crippen molar-refractivity contribution in [3.8, 4) is 0 Å². The summed E-state index contributed by atoms with van der Waals surface area (Å²) < 4.78 is 1.64. The third-order valence-electron chi connectivity index (χ3n) is 6.05. The van der Waals surface area contributed by atoms with Gasteiger partial charge in [0.05, 0.1) is 16.4 Å². The highest BCUT2D eigenvalue weighted by Gasteiger charge is 2.29. The molecule has 4 aromatic rings. The van der Waals surface area contributed by atoms with Crippen LogP contribution in [0.2, 0.25) is 0 Å². The number of thiazole rings is 1. The first-order valence-electron chi connectivity index (χ1n) is 11.4. The topological polar surface area (TPSA) is 147 Å². The molecule has 1 aliphatic rings. The monoisotopic (exact) mass is 505 g/mol. The van der Waals surface area contributed by atoms with Crippen LogP contribution in [0.5, 0.6) is 0 Å². The van der Waals surface area contributed by atoms with Crippen molar-refractivity contribution in [1.29, 1.82) is 0 Å². The first kappa shape index (κ1) is 23.5. The maximum absolute atomic E-state index is 13.1. The van der Waals surface area contributed by atoms with Crippen molar-refractivity contribution in [2.45, 2.75) is 32.6 Å². The number of aromatic nitrogens is 6. The third-order valence-corrected chi connectivity index (χ3v) is 7.05. The van der Waals surface area contributed by atoms with Gasteiger partial charge < -0.3 is 4.90 Å². The molecule has 0 aromatic carbocycles. The number of fused-ring (bicyclic) bond motifs is 1. The minimum atomic E-state index is -0.495. The average molecular weight is 506 g/mol. The number of pyridine rings is 1. The lowest BCUT2D eigenvalue weighted by Crippen LogP contribution is -2.41. The number of aryl methyl sites for hydroxylation is 2. The summed E-state index contributed by atoms with van der Waals surface area (Å²) in [4.78, 5) is 47.7. The number of likely N-dealkylation sites (tertiary alicyclic amines) is 1. The number of hydrazine groups is 1. The summed E-state index contributed by atoms with van der Waals surface area (Å²) in [5.41, 5.74) is 7.75. The molecular formula is C23H23N9O3S. The Balaban J connectivity index is 1.17. The lowest BCUT2D eigenvalue weighted by atomic mass is 9.97. The Morgan fingerprint density at radius 3 is 2.50 bits per heavy atom. The number of nitrogens with zero attached hydrogens (tertiary/aromatic N) is 7. The van der Waals surface area contributed by atoms with Crippen molar-refractivity contribution in [1.82, 2.24) is 45.5 Å². The van der Waals surface area contributed by atoms with E-state index < -0.39 is 11.8 Å². The average Bonchev–Trinajstić information content (AvgIpc) is 3.55. The molecule has 0 bridgehead atoms. The Morgan fingerprint density at radius 2 is 1.75 bits per heavy atom. The summed E-state index contributed by atoms with van der Waals surface area (Å²) in [5.74, 6) is -0.973. The molecule has 3 amide bonds. The molecule has 12 nitrogen and oxygen atoms in total. The number of piperidine rings is 1. The van der Waals surface area contributed by atoms with Crippen LogP contribution in [-0.2, 0) is 0 Å². The molecule has 4 aromatic heterocycles. The lowest BCUT2D eigenvalue weighted by Gasteiger charge is -2.31. The van der Waals surface area contributed by atoms with Crippen LogP contribution in [0.25, 0.3) is 5.65 Å². The summed E-state index contributed by atoms with van der Waals surface area (Å²) >= 11 is 1.40. The normalized spacial score (nSPS) is 14.1. The number of amides is 3. The number of hydrogen-bond donors (Lipinski definition) is 2. The van der Waals surface area contributed by atoms with Gasteiger partial charge in [-0.1, -0.05) is 0 Å². The quantitative estimate of drug-likeness (QED) is 0.398. The predicted molar refractivity (Wildman–Crippen MR) is 129 cm³/mol. The van der Waals surface area contributed by atoms with Gasteiger partial charge in [0.1, 0.15) is 5.69 Å². The van der Waals surface area contributed by atoms with E-state index >= 15 is 0 Å². The Bertz CT molecular complexity index is 1440. The standard InChI is InChI=1S/C23H23N9O3S/c1-13-11-18-26-27-19(14(2)32(18)30-13)23(35)31-9-5-16(6-10-31)22-25-17(12-36-22)21(34)29-28-20(33)15-3-7-24-8-4-15/h3-4,7-8,11-12,16H,5-6,9-10H2,1-2H3,(H,28,33)(H,29,34). The van der Waals surface area contributed by atoms with E-state index in [-0.39, 0.29) is 17.5 Å². The number of hydrogen-bond acceptors (Lipinski definition) is 9. The van der Waals surface area contributed by atoms with Crippen molar-refractivity contribution in [2.24, 2.45) is 0 Å². The fourth-order valence-electron chi connectivity index (χ4n) is 4.09. The smallest absolute Gasteiger partial charge is 0.289 e. The van der Waals surface area contributed by atoms with Crippen molar-refractivity contribution in [3.63, 3.8) is 0 Å². The van der Waals surface area contributed by atoms with Gasteiger partial charge in [-0.05, 0) is 38.8 Å². The molecule has 5 rings (SSSR count). The van der Waals surface area contributed by atoms with Crippen LogP contribution in [0.1, 0.15) is 66.5 Å². The van der Waals surface area contributed by atoms with Crippen molar-refractivity contribution in [3.05, 3.63) is 69.3 Å². The minimum Gasteiger partial charge on any atom is -0.337 e. The molecule has 0 unspecified atom stereocenters. The number of carbonyl (C=O) groups is 3. The number of nitrogens with one attached hydrogen (secondary N) is 2. The maximum atomic E-state index is 13.1. The minimum absolute atomic E-state index is 0.135. The van der Waals surface area contributed by atoms with Crippen LogP contribution < -0.4 is 10.9 Å². The van der Waals surface area contributed by atoms with Gasteiger partial charge in [0, 0.05) is 48.4 Å². The van der Waals surface area contributed by atoms with E-state index in [1.165, 1.54) is 23.7 Å². The second kappa shape index (κ2) is 9.77. The molecule has 0 spiro atoms. The molecule has 13 heteroatoms. The number of rotatable bonds is 4. The van der Waals surface area contributed by atoms with Crippen molar-refractivity contribution >= 4 is 34.7 Å². The van der Waals surface area contributed by atoms with E-state index in [1.807, 2.05) is 19.9 Å². The third kappa shape index (κ3) is 4.64. The van der Waals surface area contributed by atoms with Crippen molar-refractivity contribution in [2.75, 3.05) is 13.1 Å². The highest BCUT2D eigenvalue weighted by molar-refractivity contribution is 7.09. The summed E-state index contributed by atoms with van der Waals surface area (Å²) in [5, 5.41) is 15.2. The van der Waals surface area contributed by atoms with Gasteiger partial charge in [-0.25, -0.2) is 9.50 Å². The Kier molecular flexibility index (Phi) is 6.38. The molecule has 0 aliphatic carbocycles. The van der Waals surface area contributed by atoms with Gasteiger partial charge in [0.2, 0.25) is 0 Å². The Morgan fingerprint density at radius 1 is 1.03 bits per heavy atom. The summed E-state index contributed by atoms with van der Waals surface area (Å²) in [6.07, 6.45) is 4.43. The fourth-order valence-corrected chi connectivity index (χ4v) is 5.06. The highest BCUT2D eigenvalue weighted by Crippen LogP contribution is 2.31. The van der Waals surface area contributed by atoms with E-state index in [9.17, 15) is 14.4 Å². The van der Waals surface area contributed by atoms with Crippen LogP contribution in [0.3, 0.4) is 0 Å². The molecule has 1 aliphatic heterocycles. The second-order valence-electron chi connectivity index (χ2n) is 8.47. The zero-order valence-corrected chi connectivity index (χ0v) is 20.4. The number of carbonyl (C=O) groups excluding carboxylic acids is 3. The van der Waals surface area contributed by atoms with E-state index in [0.717, 1.165) is 10.7 Å². The molecule has 36 heavy (non-hydrogen) atoms. The predicted octanol–water partition coefficient (Wildman–Crippen LogP) is 1.69. The SMILES string of the molecule is Cc1cc2nnc(C(=O)N3CCC(c4nc(C(=O)NNC(=O)c5ccncc5)cs4)CC3)c(C)n2n1. The van der Waals surface area contributed by atoms with E-state index in [0.29, 0.717) is 48.5 Å². The molecule has 1 saturated heterocycles. The molecule has 184 valence electrons. The van der Waals surface area contributed by atoms with Gasteiger partial charge in [0.25, 0.3) is 17.7 Å². The first-order chi connectivity index (χ1) is 17.4. The van der Waals surface area contributed by atoms with E-state index in [1.54, 1.807) is 26.9 Å². The van der Waals surface area contributed by atoms with Gasteiger partial charge in [-0.3, -0.25) is 30.2 Å². The van der Waals surface area contributed by atoms with Crippen LogP contribution in [-0.4, -0.2) is 65.5 Å². The van der Waals surface area contributed by atoms with Crippen molar-refractivity contribution < 1.29 is 14.4 Å². The van der Waals surface area contributed by atoms with Crippen LogP contribution in [0.15, 0.2) is 36.0 Å². The first-order valence-corrected chi connectivity index (χ1v) is 12.2. The molecule has 0 saturated carbocycles. The Hall–Kier alpha value is -4.26. The summed E-state index contributed by atoms with van der Waals surface area (Å²) in [7, 11) is 0.